The molecule has 41 heavy (non-hydrogen) atoms. The van der Waals surface area contributed by atoms with Crippen LogP contribution in [0.1, 0.15) is 27.7 Å². The molecule has 4 rings (SSSR count). The van der Waals surface area contributed by atoms with Crippen molar-refractivity contribution in [1.82, 2.24) is 4.58 Å². The van der Waals surface area contributed by atoms with E-state index in [0.29, 0.717) is 33.9 Å². The first-order valence-electron chi connectivity index (χ1n) is 12.3. The summed E-state index contributed by atoms with van der Waals surface area (Å²) in [6.45, 7) is 11.2. The molecule has 1 N–H and O–H groups in total. The monoisotopic (exact) mass is 620 g/mol. The van der Waals surface area contributed by atoms with E-state index in [-0.39, 0.29) is 70.2 Å². The summed E-state index contributed by atoms with van der Waals surface area (Å²) in [5.74, 6) is 0.461. The SMILES string of the molecule is CCN(CC)c1ccc2c(-c3ccc(S(=O)(=O)[O-])cc3S(=O)(=O)[O-])c3ccc(=[N+](CC)CC)cc-3oc2c1.[Na+].[Na+].[OH-]. The smallest absolute Gasteiger partial charge is 0.870 e. The maximum Gasteiger partial charge on any atom is 1.00 e. The number of nitrogens with zero attached hydrogens (tertiary/aromatic N) is 2. The van der Waals surface area contributed by atoms with Crippen LogP contribution in [0.3, 0.4) is 0 Å². The standard InChI is InChI=1S/C27H30N2O7S2.2Na.H2O/c1-5-28(6-2)18-9-12-21-24(15-18)36-25-16-19(29(7-3)8-4)10-13-22(25)27(21)23-14-11-20(37(30,31)32)17-26(23)38(33,34)35;;;/h9-17H,5-8H2,1-4H3,(H-,30,31,32,33,34,35);;;1H2/q;2*+1;/p-2. The first kappa shape index (κ1) is 37.7. The summed E-state index contributed by atoms with van der Waals surface area (Å²) in [4.78, 5) is 0.550. The Hall–Kier alpha value is -1.29. The Balaban J connectivity index is 0.00000280. The van der Waals surface area contributed by atoms with Gasteiger partial charge in [0.25, 0.3) is 0 Å². The average Bonchev–Trinajstić information content (AvgIpc) is 2.87. The van der Waals surface area contributed by atoms with E-state index in [1.807, 2.05) is 52.0 Å². The Morgan fingerprint density at radius 1 is 0.780 bits per heavy atom. The third kappa shape index (κ3) is 7.81. The molecule has 0 radical (unpaired) electrons. The number of rotatable bonds is 8. The zero-order valence-corrected chi connectivity index (χ0v) is 29.7. The first-order chi connectivity index (χ1) is 17.9. The van der Waals surface area contributed by atoms with E-state index < -0.39 is 30.0 Å². The molecule has 0 aromatic heterocycles. The van der Waals surface area contributed by atoms with Crippen LogP contribution in [-0.2, 0) is 20.2 Å². The molecule has 1 aliphatic carbocycles. The Morgan fingerprint density at radius 2 is 1.39 bits per heavy atom. The molecule has 14 heteroatoms. The van der Waals surface area contributed by atoms with Crippen molar-refractivity contribution in [3.63, 3.8) is 0 Å². The van der Waals surface area contributed by atoms with E-state index in [0.717, 1.165) is 43.3 Å². The molecule has 2 aromatic rings. The maximum absolute atomic E-state index is 12.3. The maximum atomic E-state index is 12.3. The molecule has 0 saturated heterocycles. The molecule has 1 aliphatic heterocycles. The second-order valence-electron chi connectivity index (χ2n) is 8.75. The largest absolute Gasteiger partial charge is 1.00 e. The topological polar surface area (TPSA) is 164 Å². The van der Waals surface area contributed by atoms with E-state index in [1.165, 1.54) is 6.07 Å². The molecule has 1 heterocycles. The summed E-state index contributed by atoms with van der Waals surface area (Å²) < 4.78 is 80.3. The zero-order chi connectivity index (χ0) is 27.8. The van der Waals surface area contributed by atoms with Crippen LogP contribution >= 0.6 is 0 Å². The third-order valence-electron chi connectivity index (χ3n) is 6.73. The quantitative estimate of drug-likeness (QED) is 0.0897. The van der Waals surface area contributed by atoms with Crippen LogP contribution in [0, 0.1) is 0 Å². The summed E-state index contributed by atoms with van der Waals surface area (Å²) in [5, 5.41) is 1.44. The van der Waals surface area contributed by atoms with Gasteiger partial charge in [-0.25, -0.2) is 21.4 Å². The fraction of sp³-hybridized carbons (Fsp3) is 0.296. The van der Waals surface area contributed by atoms with Crippen molar-refractivity contribution in [2.24, 2.45) is 0 Å². The predicted molar refractivity (Wildman–Crippen MR) is 146 cm³/mol. The van der Waals surface area contributed by atoms with Crippen LogP contribution in [0.5, 0.6) is 0 Å². The van der Waals surface area contributed by atoms with Gasteiger partial charge in [0, 0.05) is 53.0 Å². The molecule has 0 fully saturated rings. The molecule has 0 atom stereocenters. The van der Waals surface area contributed by atoms with E-state index in [1.54, 1.807) is 12.1 Å². The summed E-state index contributed by atoms with van der Waals surface area (Å²) in [6.07, 6.45) is 0. The number of anilines is 1. The third-order valence-corrected chi connectivity index (χ3v) is 8.43. The number of fused-ring (bicyclic) bond motifs is 2. The van der Waals surface area contributed by atoms with Gasteiger partial charge in [-0.05, 0) is 58.0 Å². The van der Waals surface area contributed by atoms with Gasteiger partial charge >= 0.3 is 59.1 Å². The fourth-order valence-electron chi connectivity index (χ4n) is 4.80. The van der Waals surface area contributed by atoms with Gasteiger partial charge < -0.3 is 23.9 Å². The van der Waals surface area contributed by atoms with Crippen molar-refractivity contribution in [2.75, 3.05) is 31.1 Å². The van der Waals surface area contributed by atoms with Gasteiger partial charge in [0.15, 0.2) is 0 Å². The van der Waals surface area contributed by atoms with E-state index in [4.69, 9.17) is 4.42 Å². The van der Waals surface area contributed by atoms with Gasteiger partial charge in [0.05, 0.1) is 15.9 Å². The van der Waals surface area contributed by atoms with Crippen LogP contribution in [0.2, 0.25) is 0 Å². The Morgan fingerprint density at radius 3 is 1.93 bits per heavy atom. The molecule has 0 amide bonds. The number of hydrogen-bond donors (Lipinski definition) is 0. The first-order valence-corrected chi connectivity index (χ1v) is 15.1. The molecule has 0 unspecified atom stereocenters. The molecule has 0 saturated carbocycles. The summed E-state index contributed by atoms with van der Waals surface area (Å²) in [5.41, 5.74) is 2.28. The van der Waals surface area contributed by atoms with Gasteiger partial charge in [0.1, 0.15) is 44.7 Å². The normalized spacial score (nSPS) is 11.4. The number of benzene rings is 3. The molecule has 2 aliphatic rings. The van der Waals surface area contributed by atoms with Gasteiger partial charge in [-0.2, -0.15) is 0 Å². The minimum absolute atomic E-state index is 0. The Kier molecular flexibility index (Phi) is 13.7. The van der Waals surface area contributed by atoms with E-state index in [2.05, 4.69) is 9.48 Å². The minimum atomic E-state index is -5.16. The molecular formula is C27H30N2Na2O8S2. The summed E-state index contributed by atoms with van der Waals surface area (Å²) >= 11 is 0. The van der Waals surface area contributed by atoms with Crippen molar-refractivity contribution in [2.45, 2.75) is 37.5 Å². The Bertz CT molecular complexity index is 1780. The Labute approximate surface area is 284 Å². The predicted octanol–water partition coefficient (Wildman–Crippen LogP) is -2.50. The van der Waals surface area contributed by atoms with Gasteiger partial charge in [-0.15, -0.1) is 0 Å². The molecule has 210 valence electrons. The van der Waals surface area contributed by atoms with Crippen LogP contribution in [0.15, 0.2) is 68.8 Å². The molecular weight excluding hydrogens is 590 g/mol. The van der Waals surface area contributed by atoms with Crippen LogP contribution in [0.25, 0.3) is 33.4 Å². The van der Waals surface area contributed by atoms with Crippen molar-refractivity contribution >= 4 is 36.9 Å². The zero-order valence-electron chi connectivity index (χ0n) is 24.0. The molecule has 2 aromatic carbocycles. The van der Waals surface area contributed by atoms with Crippen molar-refractivity contribution in [3.8, 4) is 22.5 Å². The minimum Gasteiger partial charge on any atom is -0.870 e. The average molecular weight is 621 g/mol. The van der Waals surface area contributed by atoms with E-state index in [9.17, 15) is 25.9 Å². The van der Waals surface area contributed by atoms with Crippen LogP contribution in [-0.4, -0.2) is 57.6 Å². The molecule has 10 nitrogen and oxygen atoms in total. The van der Waals surface area contributed by atoms with Gasteiger partial charge in [-0.1, -0.05) is 6.07 Å². The van der Waals surface area contributed by atoms with Gasteiger partial charge in [-0.3, -0.25) is 0 Å². The van der Waals surface area contributed by atoms with Crippen molar-refractivity contribution in [1.29, 1.82) is 0 Å². The van der Waals surface area contributed by atoms with Crippen LogP contribution in [0.4, 0.5) is 5.69 Å². The van der Waals surface area contributed by atoms with Crippen molar-refractivity contribution < 1.29 is 94.9 Å². The number of hydrogen-bond acceptors (Lipinski definition) is 9. The van der Waals surface area contributed by atoms with Gasteiger partial charge in [0.2, 0.25) is 5.36 Å². The second-order valence-corrected chi connectivity index (χ2v) is 11.5. The summed E-state index contributed by atoms with van der Waals surface area (Å²) in [6, 6.07) is 13.9. The summed E-state index contributed by atoms with van der Waals surface area (Å²) in [7, 11) is -10.2. The van der Waals surface area contributed by atoms with E-state index >= 15 is 0 Å². The fourth-order valence-corrected chi connectivity index (χ4v) is 6.08. The van der Waals surface area contributed by atoms with Crippen LogP contribution < -0.4 is 73.9 Å². The molecule has 0 bridgehead atoms. The molecule has 0 spiro atoms. The van der Waals surface area contributed by atoms with Crippen molar-refractivity contribution in [3.05, 3.63) is 60.0 Å². The second kappa shape index (κ2) is 14.9.